The largest absolute Gasteiger partial charge is 0.426 e. The molecule has 4 rings (SSSR count). The van der Waals surface area contributed by atoms with Crippen molar-refractivity contribution in [2.75, 3.05) is 0 Å². The minimum atomic E-state index is -0.702. The fourth-order valence-electron chi connectivity index (χ4n) is 3.43. The third-order valence-corrected chi connectivity index (χ3v) is 5.03. The summed E-state index contributed by atoms with van der Waals surface area (Å²) in [6, 6.07) is 26.4. The summed E-state index contributed by atoms with van der Waals surface area (Å²) in [5.74, 6) is -0.706. The molecular weight excluding hydrogens is 376 g/mol. The summed E-state index contributed by atoms with van der Waals surface area (Å²) in [6.45, 7) is 1.74. The Kier molecular flexibility index (Phi) is 5.75. The molecule has 30 heavy (non-hydrogen) atoms. The molecule has 1 atom stereocenters. The van der Waals surface area contributed by atoms with Crippen LogP contribution in [0.3, 0.4) is 0 Å². The van der Waals surface area contributed by atoms with Crippen LogP contribution >= 0.6 is 0 Å². The van der Waals surface area contributed by atoms with E-state index in [0.717, 1.165) is 21.5 Å². The van der Waals surface area contributed by atoms with Crippen LogP contribution < -0.4 is 9.47 Å². The van der Waals surface area contributed by atoms with Crippen LogP contribution in [-0.2, 0) is 9.59 Å². The van der Waals surface area contributed by atoms with Gasteiger partial charge in [-0.05, 0) is 29.3 Å². The standard InChI is InChI=1S/C26H21O4/c1-2-18(26(28)30-24-16-8-12-20-10-4-6-14-22(20)24)17-25(27)29-23-15-7-11-19-9-3-5-13-21(19)23/h2-16,18H,17H2,1H3. The van der Waals surface area contributed by atoms with Gasteiger partial charge in [0.2, 0.25) is 0 Å². The second kappa shape index (κ2) is 8.78. The van der Waals surface area contributed by atoms with Gasteiger partial charge in [-0.15, -0.1) is 0 Å². The molecule has 0 aromatic heterocycles. The lowest BCUT2D eigenvalue weighted by Crippen LogP contribution is -2.25. The first-order chi connectivity index (χ1) is 14.7. The van der Waals surface area contributed by atoms with Gasteiger partial charge in [-0.1, -0.05) is 79.7 Å². The Morgan fingerprint density at radius 2 is 1.23 bits per heavy atom. The summed E-state index contributed by atoms with van der Waals surface area (Å²) in [6.07, 6.45) is 1.57. The molecule has 149 valence electrons. The summed E-state index contributed by atoms with van der Waals surface area (Å²) in [7, 11) is 0. The second-order valence-electron chi connectivity index (χ2n) is 6.99. The molecular formula is C26H21O4. The van der Waals surface area contributed by atoms with Crippen molar-refractivity contribution in [3.63, 3.8) is 0 Å². The van der Waals surface area contributed by atoms with E-state index in [0.29, 0.717) is 11.5 Å². The normalized spacial score (nSPS) is 11.9. The number of carbonyl (C=O) groups is 2. The molecule has 1 radical (unpaired) electrons. The van der Waals surface area contributed by atoms with Crippen LogP contribution in [0.25, 0.3) is 21.5 Å². The van der Waals surface area contributed by atoms with Gasteiger partial charge in [0.15, 0.2) is 0 Å². The summed E-state index contributed by atoms with van der Waals surface area (Å²) in [5, 5.41) is 3.66. The highest BCUT2D eigenvalue weighted by Crippen LogP contribution is 2.28. The molecule has 0 fully saturated rings. The van der Waals surface area contributed by atoms with Crippen LogP contribution in [0.15, 0.2) is 84.9 Å². The maximum absolute atomic E-state index is 12.7. The lowest BCUT2D eigenvalue weighted by atomic mass is 10.0. The predicted octanol–water partition coefficient (Wildman–Crippen LogP) is 5.73. The maximum Gasteiger partial charge on any atom is 0.315 e. The molecule has 0 bridgehead atoms. The molecule has 0 saturated carbocycles. The van der Waals surface area contributed by atoms with Gasteiger partial charge in [0, 0.05) is 10.8 Å². The highest BCUT2D eigenvalue weighted by Gasteiger charge is 2.24. The smallest absolute Gasteiger partial charge is 0.315 e. The van der Waals surface area contributed by atoms with E-state index in [1.807, 2.05) is 72.8 Å². The topological polar surface area (TPSA) is 52.6 Å². The molecule has 4 aromatic rings. The van der Waals surface area contributed by atoms with E-state index >= 15 is 0 Å². The number of carbonyl (C=O) groups excluding carboxylic acids is 2. The van der Waals surface area contributed by atoms with Gasteiger partial charge in [-0.2, -0.15) is 0 Å². The van der Waals surface area contributed by atoms with Gasteiger partial charge in [0.05, 0.1) is 12.3 Å². The fraction of sp³-hybridized carbons (Fsp3) is 0.115. The molecule has 0 N–H and O–H groups in total. The van der Waals surface area contributed by atoms with E-state index < -0.39 is 17.9 Å². The number of hydrogen-bond acceptors (Lipinski definition) is 4. The van der Waals surface area contributed by atoms with Crippen molar-refractivity contribution in [1.82, 2.24) is 0 Å². The number of esters is 2. The van der Waals surface area contributed by atoms with Gasteiger partial charge >= 0.3 is 11.9 Å². The summed E-state index contributed by atoms with van der Waals surface area (Å²) in [4.78, 5) is 25.3. The Morgan fingerprint density at radius 3 is 1.80 bits per heavy atom. The van der Waals surface area contributed by atoms with E-state index in [2.05, 4.69) is 0 Å². The Balaban J connectivity index is 1.47. The van der Waals surface area contributed by atoms with Crippen molar-refractivity contribution in [1.29, 1.82) is 0 Å². The third kappa shape index (κ3) is 4.18. The molecule has 0 heterocycles. The van der Waals surface area contributed by atoms with Crippen molar-refractivity contribution < 1.29 is 19.1 Å². The first-order valence-electron chi connectivity index (χ1n) is 9.83. The van der Waals surface area contributed by atoms with Gasteiger partial charge in [0.1, 0.15) is 11.5 Å². The van der Waals surface area contributed by atoms with Crippen LogP contribution in [-0.4, -0.2) is 11.9 Å². The maximum atomic E-state index is 12.7. The summed E-state index contributed by atoms with van der Waals surface area (Å²) < 4.78 is 11.2. The van der Waals surface area contributed by atoms with Gasteiger partial charge < -0.3 is 9.47 Å². The first kappa shape index (κ1) is 19.6. The number of fused-ring (bicyclic) bond motifs is 2. The lowest BCUT2D eigenvalue weighted by Gasteiger charge is -2.15. The minimum absolute atomic E-state index is 0.0939. The molecule has 0 spiro atoms. The molecule has 1 unspecified atom stereocenters. The Labute approximate surface area is 175 Å². The minimum Gasteiger partial charge on any atom is -0.426 e. The van der Waals surface area contributed by atoms with E-state index in [4.69, 9.17) is 9.47 Å². The fourth-order valence-corrected chi connectivity index (χ4v) is 3.43. The number of benzene rings is 4. The Bertz CT molecular complexity index is 1200. The van der Waals surface area contributed by atoms with E-state index in [-0.39, 0.29) is 6.42 Å². The zero-order valence-corrected chi connectivity index (χ0v) is 16.6. The first-order valence-corrected chi connectivity index (χ1v) is 9.83. The molecule has 0 aliphatic rings. The molecule has 0 aliphatic carbocycles. The second-order valence-corrected chi connectivity index (χ2v) is 6.99. The molecule has 4 aromatic carbocycles. The van der Waals surface area contributed by atoms with Crippen molar-refractivity contribution in [3.8, 4) is 11.5 Å². The third-order valence-electron chi connectivity index (χ3n) is 5.03. The number of hydrogen-bond donors (Lipinski definition) is 0. The number of ether oxygens (including phenoxy) is 2. The Hall–Kier alpha value is -3.66. The van der Waals surface area contributed by atoms with E-state index in [1.165, 1.54) is 0 Å². The summed E-state index contributed by atoms with van der Waals surface area (Å²) >= 11 is 0. The molecule has 0 saturated heterocycles. The molecule has 4 heteroatoms. The zero-order chi connectivity index (χ0) is 20.9. The zero-order valence-electron chi connectivity index (χ0n) is 16.6. The van der Waals surface area contributed by atoms with E-state index in [9.17, 15) is 9.59 Å². The average Bonchev–Trinajstić information content (AvgIpc) is 2.78. The molecule has 0 amide bonds. The molecule has 4 nitrogen and oxygen atoms in total. The highest BCUT2D eigenvalue weighted by molar-refractivity contribution is 5.93. The van der Waals surface area contributed by atoms with Crippen LogP contribution in [0.1, 0.15) is 13.3 Å². The van der Waals surface area contributed by atoms with E-state index in [1.54, 1.807) is 25.5 Å². The van der Waals surface area contributed by atoms with Crippen LogP contribution in [0, 0.1) is 12.3 Å². The van der Waals surface area contributed by atoms with Gasteiger partial charge in [0.25, 0.3) is 0 Å². The monoisotopic (exact) mass is 397 g/mol. The quantitative estimate of drug-likeness (QED) is 0.308. The Morgan fingerprint density at radius 1 is 0.733 bits per heavy atom. The average molecular weight is 397 g/mol. The van der Waals surface area contributed by atoms with Gasteiger partial charge in [-0.25, -0.2) is 0 Å². The van der Waals surface area contributed by atoms with Gasteiger partial charge in [-0.3, -0.25) is 9.59 Å². The summed E-state index contributed by atoms with van der Waals surface area (Å²) in [5.41, 5.74) is 0. The van der Waals surface area contributed by atoms with Crippen molar-refractivity contribution in [2.45, 2.75) is 13.3 Å². The number of rotatable bonds is 6. The molecule has 0 aliphatic heterocycles. The SMILES string of the molecule is C[CH]C(CC(=O)Oc1cccc2ccccc12)C(=O)Oc1cccc2ccccc12. The predicted molar refractivity (Wildman–Crippen MR) is 117 cm³/mol. The van der Waals surface area contributed by atoms with Crippen molar-refractivity contribution in [3.05, 3.63) is 91.3 Å². The van der Waals surface area contributed by atoms with Crippen molar-refractivity contribution >= 4 is 33.5 Å². The van der Waals surface area contributed by atoms with Crippen LogP contribution in [0.4, 0.5) is 0 Å². The van der Waals surface area contributed by atoms with Crippen LogP contribution in [0.2, 0.25) is 0 Å². The van der Waals surface area contributed by atoms with Crippen LogP contribution in [0.5, 0.6) is 11.5 Å². The lowest BCUT2D eigenvalue weighted by molar-refractivity contribution is -0.143. The highest BCUT2D eigenvalue weighted by atomic mass is 16.5. The van der Waals surface area contributed by atoms with Crippen molar-refractivity contribution in [2.24, 2.45) is 5.92 Å².